The van der Waals surface area contributed by atoms with Gasteiger partial charge in [-0.25, -0.2) is 0 Å². The number of hydrogen-bond acceptors (Lipinski definition) is 7. The predicted octanol–water partition coefficient (Wildman–Crippen LogP) is 20.1. The Morgan fingerprint density at radius 1 is 0.446 bits per heavy atom. The van der Waals surface area contributed by atoms with Gasteiger partial charge in [0.2, 0.25) is 5.91 Å². The highest BCUT2D eigenvalue weighted by Crippen LogP contribution is 2.38. The number of amides is 1. The van der Waals surface area contributed by atoms with Gasteiger partial charge in [-0.3, -0.25) is 14.2 Å². The van der Waals surface area contributed by atoms with Gasteiger partial charge in [-0.2, -0.15) is 0 Å². The number of allylic oxidation sites excluding steroid dienone is 25. The number of likely N-dealkylation sites (N-methyl/N-ethyl adjacent to an activating group) is 1. The summed E-state index contributed by atoms with van der Waals surface area (Å²) < 4.78 is 30.3. The molecule has 83 heavy (non-hydrogen) atoms. The van der Waals surface area contributed by atoms with Crippen molar-refractivity contribution in [3.8, 4) is 0 Å². The standard InChI is InChI=1S/C73H121N2O7P/c1-7-10-13-16-19-22-25-28-30-32-33-34-35-36-37-38-39-40-41-43-44-47-50-53-56-59-62-65-72(76)74-70(69-81-83(78,79)80-68-67-75(4,5)6)71(64-61-58-55-52-49-46-27-24-21-18-15-12-9-3)82-73(77)66-63-60-57-54-51-48-45-42-31-29-26-23-20-17-14-11-8-2/h10-11,13-14,17,19-20,22-23,26,28-31,33-34,36-37,39-40,42,45,48,51,61,64,70-71H,7-9,12,15-16,18,21,24-25,27,32,35,38,41,43-44,46-47,49-50,52-60,62-63,65-69H2,1-6H3,(H-,74,76,78,79)/b13-10-,14-11-,20-17+,22-19-,26-23+,30-28-,31-29-,34-33-,37-36-,40-39-,45-42+,51-48+,64-61-. The first-order chi connectivity index (χ1) is 40.4. The molecule has 0 saturated heterocycles. The lowest BCUT2D eigenvalue weighted by atomic mass is 10.0. The maximum atomic E-state index is 13.6. The van der Waals surface area contributed by atoms with Crippen LogP contribution in [0.25, 0.3) is 0 Å². The third kappa shape index (κ3) is 62.0. The van der Waals surface area contributed by atoms with Gasteiger partial charge in [0.05, 0.1) is 33.8 Å². The Morgan fingerprint density at radius 3 is 1.31 bits per heavy atom. The second-order valence-electron chi connectivity index (χ2n) is 22.7. The molecule has 0 aromatic carbocycles. The molecule has 0 spiro atoms. The Kier molecular flexibility index (Phi) is 57.5. The number of carbonyl (C=O) groups is 2. The van der Waals surface area contributed by atoms with Crippen LogP contribution in [0.3, 0.4) is 0 Å². The van der Waals surface area contributed by atoms with Crippen LogP contribution >= 0.6 is 7.82 Å². The SMILES string of the molecule is CC\C=C/C=C/C=C/C=C\C=C\C=C\CCCCCC(=O)OC(/C=C\CCCCCCCCCCCCC)C(COP(=O)([O-])OCC[N+](C)(C)C)NC(=O)CCCCCCCCCC/C=C\C/C=C\C/C=C\C/C=C\C/C=C\C/C=C\CC. The molecule has 0 saturated carbocycles. The van der Waals surface area contributed by atoms with Crippen LogP contribution in [0.4, 0.5) is 0 Å². The number of unbranched alkanes of at least 4 members (excludes halogenated alkanes) is 22. The van der Waals surface area contributed by atoms with Gasteiger partial charge in [0.15, 0.2) is 0 Å². The van der Waals surface area contributed by atoms with Crippen LogP contribution in [0.2, 0.25) is 0 Å². The monoisotopic (exact) mass is 1170 g/mol. The van der Waals surface area contributed by atoms with Crippen molar-refractivity contribution in [2.45, 2.75) is 251 Å². The quantitative estimate of drug-likeness (QED) is 0.0161. The topological polar surface area (TPSA) is 114 Å². The fourth-order valence-corrected chi connectivity index (χ4v) is 9.34. The number of nitrogens with one attached hydrogen (secondary N) is 1. The van der Waals surface area contributed by atoms with Crippen molar-refractivity contribution < 1.29 is 37.3 Å². The van der Waals surface area contributed by atoms with E-state index in [9.17, 15) is 19.0 Å². The number of carbonyl (C=O) groups excluding carboxylic acids is 2. The molecule has 0 radical (unpaired) electrons. The molecule has 0 aliphatic rings. The molecule has 0 bridgehead atoms. The molecule has 0 aromatic heterocycles. The van der Waals surface area contributed by atoms with E-state index in [1.54, 1.807) is 0 Å². The Bertz CT molecular complexity index is 1980. The van der Waals surface area contributed by atoms with Crippen LogP contribution in [-0.2, 0) is 27.9 Å². The molecule has 9 nitrogen and oxygen atoms in total. The fraction of sp³-hybridized carbons (Fsp3) is 0.616. The van der Waals surface area contributed by atoms with E-state index in [0.29, 0.717) is 23.9 Å². The van der Waals surface area contributed by atoms with Gasteiger partial charge < -0.3 is 28.5 Å². The molecule has 0 aliphatic carbocycles. The molecular formula is C73H121N2O7P. The van der Waals surface area contributed by atoms with Crippen molar-refractivity contribution in [2.24, 2.45) is 0 Å². The van der Waals surface area contributed by atoms with Crippen molar-refractivity contribution in [1.29, 1.82) is 0 Å². The van der Waals surface area contributed by atoms with E-state index in [1.165, 1.54) is 83.5 Å². The number of quaternary nitrogens is 1. The summed E-state index contributed by atoms with van der Waals surface area (Å²) >= 11 is 0. The highest BCUT2D eigenvalue weighted by molar-refractivity contribution is 7.45. The third-order valence-electron chi connectivity index (χ3n) is 13.6. The first-order valence-electron chi connectivity index (χ1n) is 32.9. The Balaban J connectivity index is 5.26. The Morgan fingerprint density at radius 2 is 0.831 bits per heavy atom. The average Bonchev–Trinajstić information content (AvgIpc) is 3.47. The maximum Gasteiger partial charge on any atom is 0.306 e. The molecule has 470 valence electrons. The number of nitrogens with zero attached hydrogens (tertiary/aromatic N) is 1. The number of phosphoric acid groups is 1. The lowest BCUT2D eigenvalue weighted by Gasteiger charge is -2.30. The highest BCUT2D eigenvalue weighted by Gasteiger charge is 2.27. The molecule has 1 N–H and O–H groups in total. The summed E-state index contributed by atoms with van der Waals surface area (Å²) in [6.45, 7) is 6.53. The zero-order valence-corrected chi connectivity index (χ0v) is 54.5. The van der Waals surface area contributed by atoms with Crippen molar-refractivity contribution in [3.05, 3.63) is 158 Å². The van der Waals surface area contributed by atoms with E-state index in [0.717, 1.165) is 109 Å². The van der Waals surface area contributed by atoms with Crippen LogP contribution < -0.4 is 10.2 Å². The molecular weight excluding hydrogens is 1050 g/mol. The van der Waals surface area contributed by atoms with Crippen molar-refractivity contribution in [2.75, 3.05) is 40.9 Å². The lowest BCUT2D eigenvalue weighted by Crippen LogP contribution is -2.47. The highest BCUT2D eigenvalue weighted by atomic mass is 31.2. The normalized spacial score (nSPS) is 14.6. The van der Waals surface area contributed by atoms with E-state index in [4.69, 9.17) is 13.8 Å². The Labute approximate surface area is 510 Å². The maximum absolute atomic E-state index is 13.6. The summed E-state index contributed by atoms with van der Waals surface area (Å²) in [5.74, 6) is -0.613. The molecule has 0 aromatic rings. The molecule has 0 heterocycles. The molecule has 10 heteroatoms. The van der Waals surface area contributed by atoms with E-state index >= 15 is 0 Å². The minimum absolute atomic E-state index is 0.0411. The molecule has 0 rings (SSSR count). The minimum atomic E-state index is -4.73. The lowest BCUT2D eigenvalue weighted by molar-refractivity contribution is -0.870. The van der Waals surface area contributed by atoms with Crippen LogP contribution in [-0.4, -0.2) is 69.4 Å². The van der Waals surface area contributed by atoms with Gasteiger partial charge in [0.25, 0.3) is 7.82 Å². The van der Waals surface area contributed by atoms with Crippen LogP contribution in [0, 0.1) is 0 Å². The molecule has 1 amide bonds. The summed E-state index contributed by atoms with van der Waals surface area (Å²) in [7, 11) is 1.13. The number of ether oxygens (including phenoxy) is 1. The smallest absolute Gasteiger partial charge is 0.306 e. The van der Waals surface area contributed by atoms with Crippen molar-refractivity contribution >= 4 is 19.7 Å². The summed E-state index contributed by atoms with van der Waals surface area (Å²) in [5.41, 5.74) is 0. The van der Waals surface area contributed by atoms with Crippen LogP contribution in [0.15, 0.2) is 158 Å². The van der Waals surface area contributed by atoms with Gasteiger partial charge in [0.1, 0.15) is 19.3 Å². The zero-order chi connectivity index (χ0) is 60.7. The zero-order valence-electron chi connectivity index (χ0n) is 53.6. The Hall–Kier alpha value is -4.37. The van der Waals surface area contributed by atoms with E-state index in [1.807, 2.05) is 94.1 Å². The summed E-state index contributed by atoms with van der Waals surface area (Å²) in [6, 6.07) is -0.925. The first-order valence-corrected chi connectivity index (χ1v) is 34.3. The molecule has 3 unspecified atom stereocenters. The van der Waals surface area contributed by atoms with Gasteiger partial charge in [-0.1, -0.05) is 282 Å². The second-order valence-corrected chi connectivity index (χ2v) is 24.1. The second kappa shape index (κ2) is 60.7. The van der Waals surface area contributed by atoms with Gasteiger partial charge in [0, 0.05) is 12.8 Å². The van der Waals surface area contributed by atoms with Crippen molar-refractivity contribution in [1.82, 2.24) is 5.32 Å². The average molecular weight is 1170 g/mol. The van der Waals surface area contributed by atoms with Crippen LogP contribution in [0.1, 0.15) is 239 Å². The minimum Gasteiger partial charge on any atom is -0.756 e. The summed E-state index contributed by atoms with van der Waals surface area (Å²) in [6.07, 6.45) is 89.3. The van der Waals surface area contributed by atoms with Crippen molar-refractivity contribution in [3.63, 3.8) is 0 Å². The number of esters is 1. The number of hydrogen-bond donors (Lipinski definition) is 1. The number of phosphoric ester groups is 1. The third-order valence-corrected chi connectivity index (χ3v) is 14.6. The molecule has 0 fully saturated rings. The summed E-state index contributed by atoms with van der Waals surface area (Å²) in [5, 5.41) is 3.01. The first kappa shape index (κ1) is 78.6. The van der Waals surface area contributed by atoms with Gasteiger partial charge in [-0.05, 0) is 102 Å². The predicted molar refractivity (Wildman–Crippen MR) is 357 cm³/mol. The van der Waals surface area contributed by atoms with Gasteiger partial charge >= 0.3 is 5.97 Å². The molecule has 0 aliphatic heterocycles. The van der Waals surface area contributed by atoms with E-state index in [2.05, 4.69) is 111 Å². The summed E-state index contributed by atoms with van der Waals surface area (Å²) in [4.78, 5) is 40.1. The van der Waals surface area contributed by atoms with E-state index < -0.39 is 26.6 Å². The number of rotatable bonds is 57. The fourth-order valence-electron chi connectivity index (χ4n) is 8.61. The van der Waals surface area contributed by atoms with Crippen LogP contribution in [0.5, 0.6) is 0 Å². The van der Waals surface area contributed by atoms with E-state index in [-0.39, 0.29) is 31.3 Å². The largest absolute Gasteiger partial charge is 0.756 e. The molecule has 3 atom stereocenters. The van der Waals surface area contributed by atoms with Gasteiger partial charge in [-0.15, -0.1) is 0 Å².